The summed E-state index contributed by atoms with van der Waals surface area (Å²) in [5, 5.41) is 5.26. The minimum atomic E-state index is -0.284. The van der Waals surface area contributed by atoms with Crippen LogP contribution >= 0.6 is 22.6 Å². The zero-order valence-corrected chi connectivity index (χ0v) is 18.5. The van der Waals surface area contributed by atoms with E-state index >= 15 is 0 Å². The number of halogens is 1. The molecule has 0 spiro atoms. The van der Waals surface area contributed by atoms with Gasteiger partial charge in [-0.15, -0.1) is 0 Å². The van der Waals surface area contributed by atoms with Gasteiger partial charge < -0.3 is 9.30 Å². The van der Waals surface area contributed by atoms with Crippen LogP contribution in [0.15, 0.2) is 84.1 Å². The van der Waals surface area contributed by atoms with Gasteiger partial charge in [0.1, 0.15) is 5.75 Å². The molecule has 1 amide bonds. The second-order valence-electron chi connectivity index (χ2n) is 6.79. The number of aromatic nitrogens is 1. The number of ether oxygens (including phenoxy) is 1. The predicted octanol–water partition coefficient (Wildman–Crippen LogP) is 5.07. The SMILES string of the molecule is COc1cccc(C(=O)N/N=C/c2cn(Cc3ccc(I)cc3)c3ccccc23)c1. The number of nitrogens with one attached hydrogen (secondary N) is 1. The fourth-order valence-electron chi connectivity index (χ4n) is 3.28. The Labute approximate surface area is 188 Å². The van der Waals surface area contributed by atoms with Crippen molar-refractivity contribution in [1.29, 1.82) is 0 Å². The number of nitrogens with zero attached hydrogens (tertiary/aromatic N) is 2. The molecular weight excluding hydrogens is 489 g/mol. The van der Waals surface area contributed by atoms with Gasteiger partial charge in [-0.3, -0.25) is 4.79 Å². The van der Waals surface area contributed by atoms with E-state index in [9.17, 15) is 4.79 Å². The summed E-state index contributed by atoms with van der Waals surface area (Å²) < 4.78 is 8.58. The van der Waals surface area contributed by atoms with Crippen LogP contribution in [0.25, 0.3) is 10.9 Å². The van der Waals surface area contributed by atoms with E-state index in [2.05, 4.69) is 80.3 Å². The summed E-state index contributed by atoms with van der Waals surface area (Å²) in [5.74, 6) is 0.345. The zero-order chi connectivity index (χ0) is 20.9. The highest BCUT2D eigenvalue weighted by Crippen LogP contribution is 2.21. The summed E-state index contributed by atoms with van der Waals surface area (Å²) in [4.78, 5) is 12.4. The number of rotatable bonds is 6. The van der Waals surface area contributed by atoms with Crippen LogP contribution in [0.2, 0.25) is 0 Å². The lowest BCUT2D eigenvalue weighted by atomic mass is 10.2. The second-order valence-corrected chi connectivity index (χ2v) is 8.03. The van der Waals surface area contributed by atoms with Crippen LogP contribution in [-0.2, 0) is 6.54 Å². The van der Waals surface area contributed by atoms with Crippen molar-refractivity contribution in [3.05, 3.63) is 99.3 Å². The molecule has 30 heavy (non-hydrogen) atoms. The number of carbonyl (C=O) groups is 1. The van der Waals surface area contributed by atoms with Crippen LogP contribution in [0.1, 0.15) is 21.5 Å². The van der Waals surface area contributed by atoms with Gasteiger partial charge in [0.2, 0.25) is 0 Å². The van der Waals surface area contributed by atoms with Crippen LogP contribution in [0, 0.1) is 3.57 Å². The van der Waals surface area contributed by atoms with Gasteiger partial charge in [0, 0.05) is 38.3 Å². The van der Waals surface area contributed by atoms with E-state index in [0.717, 1.165) is 23.0 Å². The van der Waals surface area contributed by atoms with Crippen LogP contribution < -0.4 is 10.2 Å². The molecule has 6 heteroatoms. The Morgan fingerprint density at radius 2 is 1.90 bits per heavy atom. The third kappa shape index (κ3) is 4.54. The molecule has 4 aromatic rings. The average Bonchev–Trinajstić information content (AvgIpc) is 3.13. The minimum Gasteiger partial charge on any atom is -0.497 e. The molecule has 4 rings (SSSR count). The molecule has 0 saturated heterocycles. The first kappa shape index (κ1) is 20.2. The third-order valence-corrected chi connectivity index (χ3v) is 5.51. The van der Waals surface area contributed by atoms with Gasteiger partial charge >= 0.3 is 0 Å². The lowest BCUT2D eigenvalue weighted by Crippen LogP contribution is -2.17. The van der Waals surface area contributed by atoms with Gasteiger partial charge in [0.05, 0.1) is 13.3 Å². The van der Waals surface area contributed by atoms with E-state index in [1.807, 2.05) is 12.1 Å². The molecule has 150 valence electrons. The molecule has 0 aliphatic rings. The minimum absolute atomic E-state index is 0.284. The van der Waals surface area contributed by atoms with Crippen molar-refractivity contribution in [2.45, 2.75) is 6.54 Å². The number of carbonyl (C=O) groups excluding carboxylic acids is 1. The van der Waals surface area contributed by atoms with Crippen LogP contribution in [0.3, 0.4) is 0 Å². The maximum absolute atomic E-state index is 12.4. The van der Waals surface area contributed by atoms with Crippen LogP contribution in [0.5, 0.6) is 5.75 Å². The van der Waals surface area contributed by atoms with Gasteiger partial charge in [-0.1, -0.05) is 36.4 Å². The Morgan fingerprint density at radius 3 is 2.70 bits per heavy atom. The highest BCUT2D eigenvalue weighted by atomic mass is 127. The summed E-state index contributed by atoms with van der Waals surface area (Å²) in [6, 6.07) is 23.6. The standard InChI is InChI=1S/C24H20IN3O2/c1-30-21-6-4-5-18(13-21)24(29)27-26-14-19-16-28(23-8-3-2-7-22(19)23)15-17-9-11-20(25)12-10-17/h2-14,16H,15H2,1H3,(H,27,29)/b26-14+. The lowest BCUT2D eigenvalue weighted by Gasteiger charge is -2.05. The van der Waals surface area contributed by atoms with Crippen LogP contribution in [0.4, 0.5) is 0 Å². The van der Waals surface area contributed by atoms with E-state index in [0.29, 0.717) is 11.3 Å². The van der Waals surface area contributed by atoms with Crippen molar-refractivity contribution in [3.8, 4) is 5.75 Å². The average molecular weight is 509 g/mol. The molecule has 0 radical (unpaired) electrons. The number of hydrogen-bond acceptors (Lipinski definition) is 3. The number of benzene rings is 3. The first-order valence-corrected chi connectivity index (χ1v) is 10.5. The molecule has 3 aromatic carbocycles. The second kappa shape index (κ2) is 9.13. The maximum atomic E-state index is 12.4. The number of hydrogen-bond donors (Lipinski definition) is 1. The van der Waals surface area contributed by atoms with E-state index in [-0.39, 0.29) is 5.91 Å². The Bertz CT molecular complexity index is 1210. The van der Waals surface area contributed by atoms with Crippen molar-refractivity contribution in [2.24, 2.45) is 5.10 Å². The molecule has 0 saturated carbocycles. The predicted molar refractivity (Wildman–Crippen MR) is 128 cm³/mol. The van der Waals surface area contributed by atoms with E-state index in [1.165, 1.54) is 9.13 Å². The molecular formula is C24H20IN3O2. The van der Waals surface area contributed by atoms with Crippen molar-refractivity contribution < 1.29 is 9.53 Å². The molecule has 0 atom stereocenters. The summed E-state index contributed by atoms with van der Waals surface area (Å²) in [6.45, 7) is 0.765. The van der Waals surface area contributed by atoms with E-state index < -0.39 is 0 Å². The third-order valence-electron chi connectivity index (χ3n) is 4.79. The normalized spacial score (nSPS) is 11.1. The summed E-state index contributed by atoms with van der Waals surface area (Å²) in [5.41, 5.74) is 6.38. The highest BCUT2D eigenvalue weighted by Gasteiger charge is 2.08. The van der Waals surface area contributed by atoms with Gasteiger partial charge in [-0.2, -0.15) is 5.10 Å². The smallest absolute Gasteiger partial charge is 0.271 e. The molecule has 1 heterocycles. The maximum Gasteiger partial charge on any atom is 0.271 e. The Balaban J connectivity index is 1.55. The Hall–Kier alpha value is -3.13. The fourth-order valence-corrected chi connectivity index (χ4v) is 3.64. The van der Waals surface area contributed by atoms with Crippen molar-refractivity contribution in [3.63, 3.8) is 0 Å². The molecule has 0 fully saturated rings. The first-order valence-electron chi connectivity index (χ1n) is 9.44. The lowest BCUT2D eigenvalue weighted by molar-refractivity contribution is 0.0955. The molecule has 1 aromatic heterocycles. The zero-order valence-electron chi connectivity index (χ0n) is 16.4. The Morgan fingerprint density at radius 1 is 1.10 bits per heavy atom. The molecule has 5 nitrogen and oxygen atoms in total. The monoisotopic (exact) mass is 509 g/mol. The Kier molecular flexibility index (Phi) is 6.13. The summed E-state index contributed by atoms with van der Waals surface area (Å²) in [6.07, 6.45) is 3.74. The first-order chi connectivity index (χ1) is 14.6. The summed E-state index contributed by atoms with van der Waals surface area (Å²) in [7, 11) is 1.57. The van der Waals surface area contributed by atoms with Gasteiger partial charge in [0.15, 0.2) is 0 Å². The van der Waals surface area contributed by atoms with Crippen LogP contribution in [-0.4, -0.2) is 23.8 Å². The highest BCUT2D eigenvalue weighted by molar-refractivity contribution is 14.1. The van der Waals surface area contributed by atoms with Gasteiger partial charge in [-0.05, 0) is 64.6 Å². The van der Waals surface area contributed by atoms with Crippen molar-refractivity contribution in [2.75, 3.05) is 7.11 Å². The fraction of sp³-hybridized carbons (Fsp3) is 0.0833. The van der Waals surface area contributed by atoms with Crippen molar-refractivity contribution in [1.82, 2.24) is 9.99 Å². The molecule has 0 bridgehead atoms. The topological polar surface area (TPSA) is 55.6 Å². The molecule has 0 unspecified atom stereocenters. The number of methoxy groups -OCH3 is 1. The number of hydrazone groups is 1. The molecule has 1 N–H and O–H groups in total. The van der Waals surface area contributed by atoms with E-state index in [1.54, 1.807) is 37.6 Å². The molecule has 0 aliphatic heterocycles. The number of amides is 1. The largest absolute Gasteiger partial charge is 0.497 e. The quantitative estimate of drug-likeness (QED) is 0.224. The van der Waals surface area contributed by atoms with Crippen molar-refractivity contribution >= 4 is 45.6 Å². The van der Waals surface area contributed by atoms with E-state index in [4.69, 9.17) is 4.74 Å². The summed E-state index contributed by atoms with van der Waals surface area (Å²) >= 11 is 2.31. The number of para-hydroxylation sites is 1. The van der Waals surface area contributed by atoms with Gasteiger partial charge in [-0.25, -0.2) is 5.43 Å². The number of fused-ring (bicyclic) bond motifs is 1. The molecule has 0 aliphatic carbocycles. The van der Waals surface area contributed by atoms with Gasteiger partial charge in [0.25, 0.3) is 5.91 Å².